The van der Waals surface area contributed by atoms with Crippen molar-refractivity contribution in [1.29, 1.82) is 0 Å². The summed E-state index contributed by atoms with van der Waals surface area (Å²) in [7, 11) is 3.38. The molecule has 8 nitrogen and oxygen atoms in total. The van der Waals surface area contributed by atoms with Crippen LogP contribution in [0.15, 0.2) is 91.3 Å². The number of fused-ring (bicyclic) bond motifs is 1. The Labute approximate surface area is 227 Å². The van der Waals surface area contributed by atoms with Crippen LogP contribution in [-0.4, -0.2) is 42.8 Å². The first-order chi connectivity index (χ1) is 18.7. The first kappa shape index (κ1) is 24.3. The number of esters is 1. The van der Waals surface area contributed by atoms with E-state index in [1.54, 1.807) is 33.7 Å². The second kappa shape index (κ2) is 10.8. The van der Waals surface area contributed by atoms with E-state index in [4.69, 9.17) is 20.3 Å². The number of nitrogens with two attached hydrogens (primary N) is 1. The lowest BCUT2D eigenvalue weighted by Gasteiger charge is -2.18. The summed E-state index contributed by atoms with van der Waals surface area (Å²) in [5.74, 6) is 2.23. The molecule has 0 saturated carbocycles. The van der Waals surface area contributed by atoms with Crippen molar-refractivity contribution in [3.63, 3.8) is 0 Å². The molecule has 0 radical (unpaired) electrons. The standard InChI is InChI=1S/C28H23N5O3S2/c29-26-24-25(18-11-13-21(14-12-18)35-20-9-5-2-6-10-20)32-33(27(24)31-17-30-26)15-23-22(16-37-38-23)36-28(34)19-7-3-1-4-8-19/h1-14,17,22-23H,15-16H2,(H2,29,30,31)/t22-,23+/m1/s1. The third-order valence-electron chi connectivity index (χ3n) is 6.12. The monoisotopic (exact) mass is 541 g/mol. The van der Waals surface area contributed by atoms with Crippen molar-refractivity contribution in [1.82, 2.24) is 19.7 Å². The molecule has 0 aliphatic carbocycles. The number of aromatic nitrogens is 4. The van der Waals surface area contributed by atoms with Gasteiger partial charge < -0.3 is 15.2 Å². The van der Waals surface area contributed by atoms with Gasteiger partial charge in [-0.05, 0) is 48.5 Å². The summed E-state index contributed by atoms with van der Waals surface area (Å²) in [4.78, 5) is 21.4. The Morgan fingerprint density at radius 1 is 0.947 bits per heavy atom. The summed E-state index contributed by atoms with van der Waals surface area (Å²) < 4.78 is 13.6. The third-order valence-corrected chi connectivity index (χ3v) is 8.98. The van der Waals surface area contributed by atoms with Crippen LogP contribution in [-0.2, 0) is 11.3 Å². The number of ether oxygens (including phenoxy) is 2. The molecule has 2 N–H and O–H groups in total. The summed E-state index contributed by atoms with van der Waals surface area (Å²) in [6, 6.07) is 26.4. The number of nitrogens with zero attached hydrogens (tertiary/aromatic N) is 4. The quantitative estimate of drug-likeness (QED) is 0.200. The smallest absolute Gasteiger partial charge is 0.338 e. The summed E-state index contributed by atoms with van der Waals surface area (Å²) in [6.45, 7) is 0.507. The number of rotatable bonds is 7. The van der Waals surface area contributed by atoms with Crippen LogP contribution < -0.4 is 10.5 Å². The van der Waals surface area contributed by atoms with E-state index in [-0.39, 0.29) is 17.3 Å². The molecule has 0 unspecified atom stereocenters. The molecule has 0 bridgehead atoms. The lowest BCUT2D eigenvalue weighted by molar-refractivity contribution is 0.0342. The molecule has 0 amide bonds. The number of benzene rings is 3. The van der Waals surface area contributed by atoms with Gasteiger partial charge in [-0.15, -0.1) is 0 Å². The SMILES string of the molecule is Nc1ncnc2c1c(-c1ccc(Oc3ccccc3)cc1)nn2C[C@@H]1SSC[C@H]1OC(=O)c1ccccc1. The number of nitrogen functional groups attached to an aromatic ring is 1. The van der Waals surface area contributed by atoms with E-state index in [2.05, 4.69) is 9.97 Å². The molecule has 3 aromatic carbocycles. The van der Waals surface area contributed by atoms with Crippen LogP contribution in [0.4, 0.5) is 5.82 Å². The molecule has 1 fully saturated rings. The molecule has 1 aliphatic rings. The fourth-order valence-electron chi connectivity index (χ4n) is 4.24. The zero-order valence-electron chi connectivity index (χ0n) is 20.1. The van der Waals surface area contributed by atoms with Gasteiger partial charge in [-0.3, -0.25) is 0 Å². The second-order valence-corrected chi connectivity index (χ2v) is 11.3. The molecule has 0 spiro atoms. The Hall–Kier alpha value is -4.02. The maximum Gasteiger partial charge on any atom is 0.338 e. The highest BCUT2D eigenvalue weighted by Gasteiger charge is 2.34. The highest BCUT2D eigenvalue weighted by Crippen LogP contribution is 2.41. The highest BCUT2D eigenvalue weighted by molar-refractivity contribution is 8.77. The average Bonchev–Trinajstić information content (AvgIpc) is 3.55. The van der Waals surface area contributed by atoms with Gasteiger partial charge in [0.15, 0.2) is 5.65 Å². The van der Waals surface area contributed by atoms with E-state index in [0.29, 0.717) is 40.4 Å². The maximum absolute atomic E-state index is 12.7. The molecule has 2 aromatic heterocycles. The predicted molar refractivity (Wildman–Crippen MR) is 151 cm³/mol. The molecule has 10 heteroatoms. The van der Waals surface area contributed by atoms with Gasteiger partial charge >= 0.3 is 5.97 Å². The lowest BCUT2D eigenvalue weighted by atomic mass is 10.1. The van der Waals surface area contributed by atoms with Crippen molar-refractivity contribution in [2.24, 2.45) is 0 Å². The lowest BCUT2D eigenvalue weighted by Crippen LogP contribution is -2.31. The predicted octanol–water partition coefficient (Wildman–Crippen LogP) is 5.86. The van der Waals surface area contributed by atoms with Crippen molar-refractivity contribution in [3.05, 3.63) is 96.8 Å². The van der Waals surface area contributed by atoms with E-state index >= 15 is 0 Å². The van der Waals surface area contributed by atoms with Gasteiger partial charge in [0.05, 0.1) is 22.7 Å². The van der Waals surface area contributed by atoms with E-state index in [1.807, 2.05) is 77.5 Å². The number of carbonyl (C=O) groups is 1. The van der Waals surface area contributed by atoms with Crippen molar-refractivity contribution >= 4 is 44.4 Å². The molecule has 6 rings (SSSR count). The van der Waals surface area contributed by atoms with Gasteiger partial charge in [0.1, 0.15) is 35.4 Å². The maximum atomic E-state index is 12.7. The molecule has 2 atom stereocenters. The van der Waals surface area contributed by atoms with Gasteiger partial charge in [0.2, 0.25) is 0 Å². The molecular weight excluding hydrogens is 518 g/mol. The number of para-hydroxylation sites is 1. The number of anilines is 1. The molecular formula is C28H23N5O3S2. The van der Waals surface area contributed by atoms with Crippen LogP contribution in [0.25, 0.3) is 22.3 Å². The minimum absolute atomic E-state index is 0.00134. The molecule has 3 heterocycles. The van der Waals surface area contributed by atoms with Crippen molar-refractivity contribution < 1.29 is 14.3 Å². The number of hydrogen-bond acceptors (Lipinski definition) is 9. The Bertz CT molecular complexity index is 1560. The molecule has 1 saturated heterocycles. The summed E-state index contributed by atoms with van der Waals surface area (Å²) >= 11 is 0. The van der Waals surface area contributed by atoms with Crippen molar-refractivity contribution in [3.8, 4) is 22.8 Å². The molecule has 190 valence electrons. The number of hydrogen-bond donors (Lipinski definition) is 1. The van der Waals surface area contributed by atoms with Crippen LogP contribution in [0.5, 0.6) is 11.5 Å². The Morgan fingerprint density at radius 2 is 1.66 bits per heavy atom. The molecule has 38 heavy (non-hydrogen) atoms. The van der Waals surface area contributed by atoms with Gasteiger partial charge in [-0.25, -0.2) is 19.4 Å². The average molecular weight is 542 g/mol. The summed E-state index contributed by atoms with van der Waals surface area (Å²) in [5.41, 5.74) is 9.04. The fourth-order valence-corrected chi connectivity index (χ4v) is 7.24. The Kier molecular flexibility index (Phi) is 6.89. The van der Waals surface area contributed by atoms with Crippen LogP contribution in [0, 0.1) is 0 Å². The van der Waals surface area contributed by atoms with Crippen LogP contribution in [0.1, 0.15) is 10.4 Å². The molecule has 1 aliphatic heterocycles. The second-order valence-electron chi connectivity index (χ2n) is 8.66. The van der Waals surface area contributed by atoms with E-state index in [1.165, 1.54) is 6.33 Å². The zero-order chi connectivity index (χ0) is 25.9. The topological polar surface area (TPSA) is 105 Å². The van der Waals surface area contributed by atoms with Crippen LogP contribution >= 0.6 is 21.6 Å². The zero-order valence-corrected chi connectivity index (χ0v) is 21.8. The van der Waals surface area contributed by atoms with Gasteiger partial charge in [0, 0.05) is 11.3 Å². The fraction of sp³-hybridized carbons (Fsp3) is 0.143. The van der Waals surface area contributed by atoms with Crippen LogP contribution in [0.3, 0.4) is 0 Å². The first-order valence-electron chi connectivity index (χ1n) is 12.0. The Balaban J connectivity index is 1.26. The first-order valence-corrected chi connectivity index (χ1v) is 14.4. The van der Waals surface area contributed by atoms with Crippen molar-refractivity contribution in [2.45, 2.75) is 17.9 Å². The third kappa shape index (κ3) is 5.05. The normalized spacial score (nSPS) is 16.9. The summed E-state index contributed by atoms with van der Waals surface area (Å²) in [6.07, 6.45) is 1.19. The number of carbonyl (C=O) groups excluding carboxylic acids is 1. The van der Waals surface area contributed by atoms with Gasteiger partial charge in [-0.1, -0.05) is 58.0 Å². The minimum Gasteiger partial charge on any atom is -0.457 e. The highest BCUT2D eigenvalue weighted by atomic mass is 33.1. The van der Waals surface area contributed by atoms with Gasteiger partial charge in [-0.2, -0.15) is 5.10 Å². The minimum atomic E-state index is -0.320. The summed E-state index contributed by atoms with van der Waals surface area (Å²) in [5, 5.41) is 5.59. The van der Waals surface area contributed by atoms with Crippen molar-refractivity contribution in [2.75, 3.05) is 11.5 Å². The largest absolute Gasteiger partial charge is 0.457 e. The van der Waals surface area contributed by atoms with E-state index in [9.17, 15) is 4.79 Å². The van der Waals surface area contributed by atoms with Gasteiger partial charge in [0.25, 0.3) is 0 Å². The van der Waals surface area contributed by atoms with E-state index < -0.39 is 0 Å². The Morgan fingerprint density at radius 3 is 2.42 bits per heavy atom. The van der Waals surface area contributed by atoms with E-state index in [0.717, 1.165) is 17.1 Å². The molecule has 5 aromatic rings. The van der Waals surface area contributed by atoms with Crippen LogP contribution in [0.2, 0.25) is 0 Å².